The van der Waals surface area contributed by atoms with Gasteiger partial charge in [-0.2, -0.15) is 5.10 Å². The van der Waals surface area contributed by atoms with E-state index in [4.69, 9.17) is 5.73 Å². The Morgan fingerprint density at radius 3 is 2.88 bits per heavy atom. The van der Waals surface area contributed by atoms with E-state index in [9.17, 15) is 0 Å². The van der Waals surface area contributed by atoms with Crippen LogP contribution in [0.15, 0.2) is 12.4 Å². The van der Waals surface area contributed by atoms with Crippen LogP contribution in [0.4, 0.5) is 0 Å². The van der Waals surface area contributed by atoms with Crippen LogP contribution >= 0.6 is 0 Å². The summed E-state index contributed by atoms with van der Waals surface area (Å²) < 4.78 is 2.02. The van der Waals surface area contributed by atoms with Crippen molar-refractivity contribution < 1.29 is 0 Å². The van der Waals surface area contributed by atoms with Crippen molar-refractivity contribution in [1.29, 1.82) is 0 Å². The number of hydrogen-bond donors (Lipinski definition) is 1. The van der Waals surface area contributed by atoms with Crippen molar-refractivity contribution >= 4 is 0 Å². The van der Waals surface area contributed by atoms with Gasteiger partial charge in [0.25, 0.3) is 0 Å². The molecule has 1 heterocycles. The van der Waals surface area contributed by atoms with Gasteiger partial charge in [0.05, 0.1) is 6.20 Å². The zero-order valence-corrected chi connectivity index (χ0v) is 11.3. The molecule has 0 aromatic carbocycles. The SMILES string of the molecule is CCCn1cc(C2(N)CCC(C)C(C)C2)cn1. The van der Waals surface area contributed by atoms with Gasteiger partial charge in [-0.05, 0) is 37.5 Å². The molecule has 3 nitrogen and oxygen atoms in total. The summed E-state index contributed by atoms with van der Waals surface area (Å²) in [5.41, 5.74) is 7.67. The van der Waals surface area contributed by atoms with E-state index in [-0.39, 0.29) is 5.54 Å². The summed E-state index contributed by atoms with van der Waals surface area (Å²) in [5, 5.41) is 4.41. The summed E-state index contributed by atoms with van der Waals surface area (Å²) in [6.45, 7) is 7.82. The van der Waals surface area contributed by atoms with Crippen molar-refractivity contribution in [1.82, 2.24) is 9.78 Å². The standard InChI is InChI=1S/C14H25N3/c1-4-7-17-10-13(9-16-17)14(15)6-5-11(2)12(3)8-14/h9-12H,4-8,15H2,1-3H3. The first-order valence-corrected chi connectivity index (χ1v) is 6.87. The zero-order chi connectivity index (χ0) is 12.5. The molecule has 1 saturated carbocycles. The van der Waals surface area contributed by atoms with Crippen LogP contribution in [0.1, 0.15) is 52.0 Å². The van der Waals surface area contributed by atoms with Crippen molar-refractivity contribution in [3.05, 3.63) is 18.0 Å². The minimum atomic E-state index is -0.141. The monoisotopic (exact) mass is 235 g/mol. The minimum Gasteiger partial charge on any atom is -0.321 e. The third-order valence-corrected chi connectivity index (χ3v) is 4.36. The molecule has 0 spiro atoms. The van der Waals surface area contributed by atoms with Gasteiger partial charge in [-0.3, -0.25) is 4.68 Å². The topological polar surface area (TPSA) is 43.8 Å². The van der Waals surface area contributed by atoms with E-state index in [1.807, 2.05) is 10.9 Å². The van der Waals surface area contributed by atoms with Crippen LogP contribution < -0.4 is 5.73 Å². The van der Waals surface area contributed by atoms with Crippen LogP contribution in [0.3, 0.4) is 0 Å². The van der Waals surface area contributed by atoms with Crippen molar-refractivity contribution in [2.75, 3.05) is 0 Å². The maximum absolute atomic E-state index is 6.59. The normalized spacial score (nSPS) is 33.9. The van der Waals surface area contributed by atoms with Gasteiger partial charge >= 0.3 is 0 Å². The number of hydrogen-bond acceptors (Lipinski definition) is 2. The predicted molar refractivity (Wildman–Crippen MR) is 70.6 cm³/mol. The first kappa shape index (κ1) is 12.6. The Kier molecular flexibility index (Phi) is 3.57. The van der Waals surface area contributed by atoms with E-state index in [0.717, 1.165) is 31.7 Å². The summed E-state index contributed by atoms with van der Waals surface area (Å²) in [5.74, 6) is 1.51. The van der Waals surface area contributed by atoms with Crippen molar-refractivity contribution in [3.63, 3.8) is 0 Å². The van der Waals surface area contributed by atoms with Gasteiger partial charge in [0.15, 0.2) is 0 Å². The molecule has 1 fully saturated rings. The number of aromatic nitrogens is 2. The molecule has 2 rings (SSSR count). The molecule has 3 unspecified atom stereocenters. The molecule has 1 aliphatic carbocycles. The summed E-state index contributed by atoms with van der Waals surface area (Å²) in [6, 6.07) is 0. The van der Waals surface area contributed by atoms with Crippen LogP contribution in [0.25, 0.3) is 0 Å². The fraction of sp³-hybridized carbons (Fsp3) is 0.786. The number of nitrogens with zero attached hydrogens (tertiary/aromatic N) is 2. The average Bonchev–Trinajstić information content (AvgIpc) is 2.74. The minimum absolute atomic E-state index is 0.141. The van der Waals surface area contributed by atoms with Gasteiger partial charge in [-0.15, -0.1) is 0 Å². The third-order valence-electron chi connectivity index (χ3n) is 4.36. The average molecular weight is 235 g/mol. The second-order valence-electron chi connectivity index (χ2n) is 5.85. The fourth-order valence-corrected chi connectivity index (χ4v) is 2.88. The smallest absolute Gasteiger partial charge is 0.0540 e. The van der Waals surface area contributed by atoms with E-state index in [1.165, 1.54) is 12.0 Å². The maximum Gasteiger partial charge on any atom is 0.0540 e. The van der Waals surface area contributed by atoms with Gasteiger partial charge in [0.1, 0.15) is 0 Å². The molecule has 17 heavy (non-hydrogen) atoms. The van der Waals surface area contributed by atoms with Crippen LogP contribution in [0.2, 0.25) is 0 Å². The van der Waals surface area contributed by atoms with Gasteiger partial charge in [-0.25, -0.2) is 0 Å². The second kappa shape index (κ2) is 4.81. The lowest BCUT2D eigenvalue weighted by atomic mass is 9.69. The van der Waals surface area contributed by atoms with Crippen LogP contribution in [-0.2, 0) is 12.1 Å². The molecule has 1 aromatic rings. The Labute approximate surface area is 104 Å². The summed E-state index contributed by atoms with van der Waals surface area (Å²) in [6.07, 6.45) is 8.65. The van der Waals surface area contributed by atoms with Crippen LogP contribution in [0.5, 0.6) is 0 Å². The molecular weight excluding hydrogens is 210 g/mol. The molecule has 0 amide bonds. The zero-order valence-electron chi connectivity index (χ0n) is 11.3. The van der Waals surface area contributed by atoms with E-state index in [2.05, 4.69) is 32.1 Å². The van der Waals surface area contributed by atoms with Crippen LogP contribution in [0, 0.1) is 11.8 Å². The number of rotatable bonds is 3. The Morgan fingerprint density at radius 2 is 2.24 bits per heavy atom. The fourth-order valence-electron chi connectivity index (χ4n) is 2.88. The van der Waals surface area contributed by atoms with E-state index in [0.29, 0.717) is 5.92 Å². The number of aryl methyl sites for hydroxylation is 1. The summed E-state index contributed by atoms with van der Waals surface area (Å²) in [4.78, 5) is 0. The molecule has 1 aliphatic rings. The largest absolute Gasteiger partial charge is 0.321 e. The number of nitrogens with two attached hydrogens (primary N) is 1. The van der Waals surface area contributed by atoms with Crippen LogP contribution in [-0.4, -0.2) is 9.78 Å². The van der Waals surface area contributed by atoms with E-state index >= 15 is 0 Å². The van der Waals surface area contributed by atoms with E-state index < -0.39 is 0 Å². The first-order valence-electron chi connectivity index (χ1n) is 6.87. The lowest BCUT2D eigenvalue weighted by Gasteiger charge is -2.39. The molecular formula is C14H25N3. The van der Waals surface area contributed by atoms with Gasteiger partial charge in [0.2, 0.25) is 0 Å². The molecule has 0 bridgehead atoms. The van der Waals surface area contributed by atoms with Crippen molar-refractivity contribution in [3.8, 4) is 0 Å². The Morgan fingerprint density at radius 1 is 1.47 bits per heavy atom. The quantitative estimate of drug-likeness (QED) is 0.875. The predicted octanol–water partition coefficient (Wildman–Crippen LogP) is 2.90. The lowest BCUT2D eigenvalue weighted by molar-refractivity contribution is 0.177. The molecule has 2 N–H and O–H groups in total. The van der Waals surface area contributed by atoms with E-state index in [1.54, 1.807) is 0 Å². The Hall–Kier alpha value is -0.830. The highest BCUT2D eigenvalue weighted by Crippen LogP contribution is 2.40. The summed E-state index contributed by atoms with van der Waals surface area (Å²) >= 11 is 0. The lowest BCUT2D eigenvalue weighted by Crippen LogP contribution is -2.42. The molecule has 3 atom stereocenters. The maximum atomic E-state index is 6.59. The van der Waals surface area contributed by atoms with Crippen molar-refractivity contribution in [2.45, 2.75) is 58.5 Å². The highest BCUT2D eigenvalue weighted by atomic mass is 15.3. The molecule has 1 aromatic heterocycles. The van der Waals surface area contributed by atoms with Gasteiger partial charge in [-0.1, -0.05) is 20.8 Å². The summed E-state index contributed by atoms with van der Waals surface area (Å²) in [7, 11) is 0. The Bertz CT molecular complexity index is 371. The van der Waals surface area contributed by atoms with Gasteiger partial charge in [0, 0.05) is 23.8 Å². The molecule has 96 valence electrons. The highest BCUT2D eigenvalue weighted by molar-refractivity contribution is 5.19. The molecule has 0 radical (unpaired) electrons. The second-order valence-corrected chi connectivity index (χ2v) is 5.85. The Balaban J connectivity index is 2.14. The molecule has 3 heteroatoms. The molecule has 0 aliphatic heterocycles. The third kappa shape index (κ3) is 2.54. The first-order chi connectivity index (χ1) is 8.05. The van der Waals surface area contributed by atoms with Crippen molar-refractivity contribution in [2.24, 2.45) is 17.6 Å². The van der Waals surface area contributed by atoms with Gasteiger partial charge < -0.3 is 5.73 Å². The molecule has 0 saturated heterocycles. The highest BCUT2D eigenvalue weighted by Gasteiger charge is 2.36.